The first-order chi connectivity index (χ1) is 5.88. The third kappa shape index (κ3) is 4.14. The molecular weight excluding hydrogens is 267 g/mol. The minimum absolute atomic E-state index is 0. The summed E-state index contributed by atoms with van der Waals surface area (Å²) >= 11 is -1.13. The van der Waals surface area contributed by atoms with Gasteiger partial charge in [0.05, 0.1) is 0 Å². The Labute approximate surface area is 88.2 Å². The Morgan fingerprint density at radius 1 is 1.08 bits per heavy atom. The molecule has 1 radical (unpaired) electrons. The molecule has 1 aromatic rings. The quantitative estimate of drug-likeness (QED) is 0.758. The fourth-order valence-electron chi connectivity index (χ4n) is 1.50. The average Bonchev–Trinajstić information content (AvgIpc) is 2.15. The minimum atomic E-state index is -1.13. The van der Waals surface area contributed by atoms with Gasteiger partial charge in [-0.2, -0.15) is 0 Å². The van der Waals surface area contributed by atoms with Crippen molar-refractivity contribution in [3.05, 3.63) is 30.3 Å². The van der Waals surface area contributed by atoms with Crippen LogP contribution in [0.15, 0.2) is 30.3 Å². The normalized spacial score (nSPS) is 9.77. The van der Waals surface area contributed by atoms with E-state index in [-0.39, 0.29) is 5.48 Å². The molecule has 0 aliphatic carbocycles. The van der Waals surface area contributed by atoms with Gasteiger partial charge in [-0.1, -0.05) is 0 Å². The van der Waals surface area contributed by atoms with Crippen LogP contribution in [-0.4, -0.2) is 25.2 Å². The molecule has 73 valence electrons. The third-order valence-electron chi connectivity index (χ3n) is 2.16. The monoisotopic (exact) mass is 287 g/mol. The summed E-state index contributed by atoms with van der Waals surface area (Å²) in [5.41, 5.74) is 0. The molecule has 1 aromatic carbocycles. The maximum atomic E-state index is 2.36. The number of benzene rings is 1. The van der Waals surface area contributed by atoms with Crippen LogP contribution in [0.3, 0.4) is 0 Å². The van der Waals surface area contributed by atoms with Crippen LogP contribution in [0.25, 0.3) is 0 Å². The van der Waals surface area contributed by atoms with Crippen LogP contribution in [0.4, 0.5) is 0 Å². The third-order valence-corrected chi connectivity index (χ3v) is 11.0. The van der Waals surface area contributed by atoms with Crippen molar-refractivity contribution in [2.75, 3.05) is 0 Å². The Morgan fingerprint density at radius 3 is 2.15 bits per heavy atom. The summed E-state index contributed by atoms with van der Waals surface area (Å²) in [7, 11) is 0. The zero-order valence-corrected chi connectivity index (χ0v) is 11.4. The summed E-state index contributed by atoms with van der Waals surface area (Å²) in [5.74, 6) is 0. The first-order valence-corrected chi connectivity index (χ1v) is 10.2. The standard InChI is InChI=1S/C6H5.C3H7.C2H5.H2O.Sn/c1-2-4-6-5-3-1;1-3-2;1-2;;/h1-5H;1,3H2,2H3;1H2,2H3;1H2;. The zero-order chi connectivity index (χ0) is 8.81. The van der Waals surface area contributed by atoms with Gasteiger partial charge in [0.15, 0.2) is 0 Å². The van der Waals surface area contributed by atoms with Crippen molar-refractivity contribution >= 4 is 23.3 Å². The van der Waals surface area contributed by atoms with Gasteiger partial charge >= 0.3 is 82.8 Å². The van der Waals surface area contributed by atoms with E-state index in [9.17, 15) is 0 Å². The maximum Gasteiger partial charge on any atom is -0.412 e. The van der Waals surface area contributed by atoms with Gasteiger partial charge in [0.25, 0.3) is 0 Å². The molecule has 0 fully saturated rings. The molecule has 0 aliphatic rings. The summed E-state index contributed by atoms with van der Waals surface area (Å²) < 4.78 is 4.67. The van der Waals surface area contributed by atoms with Gasteiger partial charge in [0, 0.05) is 0 Å². The zero-order valence-electron chi connectivity index (χ0n) is 8.51. The van der Waals surface area contributed by atoms with Crippen LogP contribution in [-0.2, 0) is 0 Å². The van der Waals surface area contributed by atoms with Crippen molar-refractivity contribution in [3.63, 3.8) is 0 Å². The van der Waals surface area contributed by atoms with Gasteiger partial charge in [-0.15, -0.1) is 0 Å². The minimum Gasteiger partial charge on any atom is -0.412 e. The van der Waals surface area contributed by atoms with Crippen LogP contribution >= 0.6 is 0 Å². The molecule has 0 aliphatic heterocycles. The van der Waals surface area contributed by atoms with Crippen LogP contribution in [0.5, 0.6) is 0 Å². The van der Waals surface area contributed by atoms with Crippen molar-refractivity contribution in [1.82, 2.24) is 0 Å². The van der Waals surface area contributed by atoms with E-state index in [4.69, 9.17) is 0 Å². The molecular formula is C11H19OSn. The number of hydrogen-bond donors (Lipinski definition) is 0. The molecule has 0 spiro atoms. The molecule has 0 saturated carbocycles. The second-order valence-corrected chi connectivity index (χ2v) is 11.6. The summed E-state index contributed by atoms with van der Waals surface area (Å²) in [4.78, 5) is 0. The molecule has 13 heavy (non-hydrogen) atoms. The van der Waals surface area contributed by atoms with Gasteiger partial charge in [0.1, 0.15) is 0 Å². The summed E-state index contributed by atoms with van der Waals surface area (Å²) in [5, 5.41) is 0. The Hall–Kier alpha value is -0.0213. The van der Waals surface area contributed by atoms with E-state index in [1.165, 1.54) is 15.3 Å². The van der Waals surface area contributed by atoms with Crippen LogP contribution < -0.4 is 3.58 Å². The van der Waals surface area contributed by atoms with E-state index in [1.54, 1.807) is 3.58 Å². The molecule has 2 heteroatoms. The van der Waals surface area contributed by atoms with E-state index in [0.29, 0.717) is 0 Å². The summed E-state index contributed by atoms with van der Waals surface area (Å²) in [6, 6.07) is 11.1. The first-order valence-electron chi connectivity index (χ1n) is 4.78. The molecule has 0 bridgehead atoms. The molecule has 0 amide bonds. The van der Waals surface area contributed by atoms with E-state index in [1.807, 2.05) is 0 Å². The van der Waals surface area contributed by atoms with Gasteiger partial charge in [-0.3, -0.25) is 0 Å². The van der Waals surface area contributed by atoms with E-state index in [0.717, 1.165) is 0 Å². The second kappa shape index (κ2) is 7.39. The van der Waals surface area contributed by atoms with Gasteiger partial charge in [-0.05, 0) is 0 Å². The average molecular weight is 286 g/mol. The Morgan fingerprint density at radius 2 is 1.69 bits per heavy atom. The van der Waals surface area contributed by atoms with Crippen LogP contribution in [0.1, 0.15) is 20.3 Å². The maximum absolute atomic E-state index is 2.36. The van der Waals surface area contributed by atoms with Crippen LogP contribution in [0.2, 0.25) is 8.87 Å². The van der Waals surface area contributed by atoms with Crippen molar-refractivity contribution in [2.24, 2.45) is 0 Å². The van der Waals surface area contributed by atoms with E-state index in [2.05, 4.69) is 44.2 Å². The molecule has 0 aromatic heterocycles. The van der Waals surface area contributed by atoms with Crippen LogP contribution in [0, 0.1) is 0 Å². The molecule has 0 atom stereocenters. The SMILES string of the molecule is CC[CH2][Sn]([CH2]C)[c]1ccccc1.O. The smallest absolute Gasteiger partial charge is 0.412 e. The summed E-state index contributed by atoms with van der Waals surface area (Å²) in [6.07, 6.45) is 1.37. The molecule has 1 rings (SSSR count). The van der Waals surface area contributed by atoms with Gasteiger partial charge < -0.3 is 5.48 Å². The summed E-state index contributed by atoms with van der Waals surface area (Å²) in [6.45, 7) is 4.66. The number of hydrogen-bond acceptors (Lipinski definition) is 0. The van der Waals surface area contributed by atoms with E-state index >= 15 is 0 Å². The fourth-order valence-corrected chi connectivity index (χ4v) is 8.12. The molecule has 0 heterocycles. The molecule has 1 nitrogen and oxygen atoms in total. The molecule has 0 unspecified atom stereocenters. The Balaban J connectivity index is 0.00000144. The molecule has 0 saturated heterocycles. The van der Waals surface area contributed by atoms with Crippen molar-refractivity contribution < 1.29 is 5.48 Å². The predicted molar refractivity (Wildman–Crippen MR) is 61.0 cm³/mol. The first kappa shape index (κ1) is 13.0. The van der Waals surface area contributed by atoms with Crippen molar-refractivity contribution in [1.29, 1.82) is 0 Å². The number of rotatable bonds is 4. The fraction of sp³-hybridized carbons (Fsp3) is 0.455. The van der Waals surface area contributed by atoms with Gasteiger partial charge in [-0.25, -0.2) is 0 Å². The van der Waals surface area contributed by atoms with Crippen molar-refractivity contribution in [2.45, 2.75) is 29.1 Å². The van der Waals surface area contributed by atoms with E-state index < -0.39 is 19.8 Å². The van der Waals surface area contributed by atoms with Gasteiger partial charge in [0.2, 0.25) is 0 Å². The Kier molecular flexibility index (Phi) is 7.38. The predicted octanol–water partition coefficient (Wildman–Crippen LogP) is 1.99. The second-order valence-electron chi connectivity index (χ2n) is 3.07. The van der Waals surface area contributed by atoms with Crippen molar-refractivity contribution in [3.8, 4) is 0 Å². The largest absolute Gasteiger partial charge is 0.412 e. The topological polar surface area (TPSA) is 31.5 Å². The molecule has 2 N–H and O–H groups in total. The Bertz CT molecular complexity index is 211.